The zero-order valence-electron chi connectivity index (χ0n) is 12.7. The molecule has 2 aromatic rings. The molecule has 3 N–H and O–H groups in total. The molecule has 7 heteroatoms. The average Bonchev–Trinajstić information content (AvgIpc) is 2.91. The number of phenolic OH excluding ortho intramolecular Hbond substituents is 2. The monoisotopic (exact) mass is 342 g/mol. The first kappa shape index (κ1) is 15.9. The van der Waals surface area contributed by atoms with Gasteiger partial charge in [-0.25, -0.2) is 4.99 Å². The van der Waals surface area contributed by atoms with E-state index in [1.165, 1.54) is 31.0 Å². The molecule has 0 bridgehead atoms. The molecule has 0 saturated carbocycles. The Hall–Kier alpha value is -2.93. The Balaban J connectivity index is 1.86. The number of aliphatic imine (C=N–C) groups is 1. The number of hydrogen-bond donors (Lipinski definition) is 3. The van der Waals surface area contributed by atoms with Crippen LogP contribution in [0.1, 0.15) is 5.56 Å². The summed E-state index contributed by atoms with van der Waals surface area (Å²) in [6.45, 7) is 0. The lowest BCUT2D eigenvalue weighted by Gasteiger charge is -2.03. The number of ether oxygens (including phenoxy) is 1. The van der Waals surface area contributed by atoms with Gasteiger partial charge in [0.05, 0.1) is 12.0 Å². The fourth-order valence-electron chi connectivity index (χ4n) is 2.08. The molecule has 24 heavy (non-hydrogen) atoms. The summed E-state index contributed by atoms with van der Waals surface area (Å²) < 4.78 is 5.05. The molecule has 1 aliphatic heterocycles. The number of carbonyl (C=O) groups is 1. The first-order valence-electron chi connectivity index (χ1n) is 7.01. The zero-order chi connectivity index (χ0) is 17.1. The van der Waals surface area contributed by atoms with Crippen LogP contribution in [0.3, 0.4) is 0 Å². The molecule has 1 fully saturated rings. The average molecular weight is 342 g/mol. The number of phenols is 2. The van der Waals surface area contributed by atoms with Crippen LogP contribution in [0, 0.1) is 0 Å². The van der Waals surface area contributed by atoms with Crippen LogP contribution in [0.4, 0.5) is 5.69 Å². The maximum absolute atomic E-state index is 12.1. The highest BCUT2D eigenvalue weighted by Gasteiger charge is 2.24. The van der Waals surface area contributed by atoms with Crippen molar-refractivity contribution in [2.45, 2.75) is 0 Å². The third-order valence-corrected chi connectivity index (χ3v) is 4.17. The van der Waals surface area contributed by atoms with Crippen LogP contribution in [0.25, 0.3) is 6.08 Å². The summed E-state index contributed by atoms with van der Waals surface area (Å²) in [4.78, 5) is 16.8. The van der Waals surface area contributed by atoms with Gasteiger partial charge in [0.1, 0.15) is 11.4 Å². The summed E-state index contributed by atoms with van der Waals surface area (Å²) in [5.41, 5.74) is 1.10. The fourth-order valence-corrected chi connectivity index (χ4v) is 2.92. The van der Waals surface area contributed by atoms with E-state index in [0.717, 1.165) is 0 Å². The Labute approximate surface area is 142 Å². The van der Waals surface area contributed by atoms with Crippen molar-refractivity contribution in [1.82, 2.24) is 5.32 Å². The number of thioether (sulfide) groups is 1. The van der Waals surface area contributed by atoms with Crippen LogP contribution in [0.2, 0.25) is 0 Å². The highest BCUT2D eigenvalue weighted by Crippen LogP contribution is 2.33. The van der Waals surface area contributed by atoms with E-state index in [0.29, 0.717) is 27.1 Å². The Bertz CT molecular complexity index is 861. The number of methoxy groups -OCH3 is 1. The molecule has 2 aromatic carbocycles. The molecule has 0 aromatic heterocycles. The van der Waals surface area contributed by atoms with Crippen molar-refractivity contribution < 1.29 is 19.7 Å². The van der Waals surface area contributed by atoms with Gasteiger partial charge in [0.15, 0.2) is 16.7 Å². The standard InChI is InChI=1S/C17H14N2O4S/c1-23-14-8-10(6-7-13(14)21)9-15-16(22)19-17(24-15)18-11-4-2-3-5-12(11)20/h2-9,20-21H,1H3,(H,18,19,22). The van der Waals surface area contributed by atoms with E-state index in [1.54, 1.807) is 36.4 Å². The van der Waals surface area contributed by atoms with Crippen LogP contribution < -0.4 is 10.1 Å². The molecule has 0 atom stereocenters. The molecule has 6 nitrogen and oxygen atoms in total. The molecule has 0 aliphatic carbocycles. The highest BCUT2D eigenvalue weighted by atomic mass is 32.2. The smallest absolute Gasteiger partial charge is 0.264 e. The van der Waals surface area contributed by atoms with Crippen molar-refractivity contribution in [2.75, 3.05) is 7.11 Å². The van der Waals surface area contributed by atoms with Crippen molar-refractivity contribution >= 4 is 34.6 Å². The number of aromatic hydroxyl groups is 2. The lowest BCUT2D eigenvalue weighted by molar-refractivity contribution is -0.115. The van der Waals surface area contributed by atoms with Crippen molar-refractivity contribution in [3.05, 3.63) is 52.9 Å². The number of nitrogens with one attached hydrogen (secondary N) is 1. The maximum Gasteiger partial charge on any atom is 0.264 e. The third kappa shape index (κ3) is 3.36. The number of para-hydroxylation sites is 2. The molecule has 122 valence electrons. The van der Waals surface area contributed by atoms with Gasteiger partial charge in [-0.1, -0.05) is 18.2 Å². The van der Waals surface area contributed by atoms with Gasteiger partial charge in [0.25, 0.3) is 5.91 Å². The van der Waals surface area contributed by atoms with E-state index in [9.17, 15) is 15.0 Å². The van der Waals surface area contributed by atoms with Crippen LogP contribution in [-0.4, -0.2) is 28.4 Å². The van der Waals surface area contributed by atoms with Crippen LogP contribution >= 0.6 is 11.8 Å². The predicted molar refractivity (Wildman–Crippen MR) is 93.6 cm³/mol. The van der Waals surface area contributed by atoms with E-state index in [1.807, 2.05) is 0 Å². The molecular weight excluding hydrogens is 328 g/mol. The maximum atomic E-state index is 12.1. The minimum atomic E-state index is -0.277. The number of benzene rings is 2. The number of hydrogen-bond acceptors (Lipinski definition) is 6. The van der Waals surface area contributed by atoms with Crippen LogP contribution in [0.15, 0.2) is 52.4 Å². The van der Waals surface area contributed by atoms with Gasteiger partial charge < -0.3 is 20.3 Å². The Kier molecular flexibility index (Phi) is 4.43. The van der Waals surface area contributed by atoms with Crippen molar-refractivity contribution in [2.24, 2.45) is 4.99 Å². The van der Waals surface area contributed by atoms with Gasteiger partial charge >= 0.3 is 0 Å². The van der Waals surface area contributed by atoms with Gasteiger partial charge in [0, 0.05) is 0 Å². The number of nitrogens with zero attached hydrogens (tertiary/aromatic N) is 1. The van der Waals surface area contributed by atoms with E-state index in [2.05, 4.69) is 10.3 Å². The number of amides is 1. The number of amidine groups is 1. The second-order valence-corrected chi connectivity index (χ2v) is 5.93. The Morgan fingerprint density at radius 1 is 1.17 bits per heavy atom. The molecule has 1 aliphatic rings. The van der Waals surface area contributed by atoms with Gasteiger partial charge in [-0.15, -0.1) is 0 Å². The second-order valence-electron chi connectivity index (χ2n) is 4.90. The third-order valence-electron chi connectivity index (χ3n) is 3.26. The molecule has 1 amide bonds. The molecule has 0 unspecified atom stereocenters. The molecule has 0 radical (unpaired) electrons. The summed E-state index contributed by atoms with van der Waals surface area (Å²) in [5, 5.41) is 22.4. The summed E-state index contributed by atoms with van der Waals surface area (Å²) in [6, 6.07) is 11.4. The zero-order valence-corrected chi connectivity index (χ0v) is 13.5. The molecule has 0 spiro atoms. The minimum absolute atomic E-state index is 0.0324. The van der Waals surface area contributed by atoms with E-state index < -0.39 is 0 Å². The number of carbonyl (C=O) groups excluding carboxylic acids is 1. The topological polar surface area (TPSA) is 91.2 Å². The van der Waals surface area contributed by atoms with Gasteiger partial charge in [-0.2, -0.15) is 0 Å². The summed E-state index contributed by atoms with van der Waals surface area (Å²) in [7, 11) is 1.46. The molecule has 3 rings (SSSR count). The quantitative estimate of drug-likeness (QED) is 0.746. The Morgan fingerprint density at radius 3 is 2.71 bits per heavy atom. The SMILES string of the molecule is COc1cc(C=C2SC(=Nc3ccccc3O)NC2=O)ccc1O. The minimum Gasteiger partial charge on any atom is -0.506 e. The number of rotatable bonds is 3. The van der Waals surface area contributed by atoms with Crippen LogP contribution in [0.5, 0.6) is 17.2 Å². The summed E-state index contributed by atoms with van der Waals surface area (Å²) in [5.74, 6) is 0.127. The largest absolute Gasteiger partial charge is 0.506 e. The normalized spacial score (nSPS) is 17.3. The lowest BCUT2D eigenvalue weighted by Crippen LogP contribution is -2.19. The van der Waals surface area contributed by atoms with E-state index >= 15 is 0 Å². The van der Waals surface area contributed by atoms with Crippen molar-refractivity contribution in [1.29, 1.82) is 0 Å². The molecular formula is C17H14N2O4S. The lowest BCUT2D eigenvalue weighted by atomic mass is 10.2. The van der Waals surface area contributed by atoms with Gasteiger partial charge in [0.2, 0.25) is 0 Å². The van der Waals surface area contributed by atoms with Gasteiger partial charge in [-0.3, -0.25) is 4.79 Å². The summed E-state index contributed by atoms with van der Waals surface area (Å²) in [6.07, 6.45) is 1.68. The van der Waals surface area contributed by atoms with Gasteiger partial charge in [-0.05, 0) is 47.7 Å². The first-order valence-corrected chi connectivity index (χ1v) is 7.83. The van der Waals surface area contributed by atoms with Crippen LogP contribution in [-0.2, 0) is 4.79 Å². The van der Waals surface area contributed by atoms with E-state index in [4.69, 9.17) is 4.74 Å². The first-order chi connectivity index (χ1) is 11.6. The van der Waals surface area contributed by atoms with E-state index in [-0.39, 0.29) is 17.4 Å². The molecule has 1 heterocycles. The highest BCUT2D eigenvalue weighted by molar-refractivity contribution is 8.18. The predicted octanol–water partition coefficient (Wildman–Crippen LogP) is 3.00. The summed E-state index contributed by atoms with van der Waals surface area (Å²) >= 11 is 1.17. The fraction of sp³-hybridized carbons (Fsp3) is 0.0588. The van der Waals surface area contributed by atoms with Crippen molar-refractivity contribution in [3.8, 4) is 17.2 Å². The van der Waals surface area contributed by atoms with Crippen molar-refractivity contribution in [3.63, 3.8) is 0 Å². The molecule has 1 saturated heterocycles. The Morgan fingerprint density at radius 2 is 1.96 bits per heavy atom. The second kappa shape index (κ2) is 6.67.